The summed E-state index contributed by atoms with van der Waals surface area (Å²) in [5, 5.41) is 5.70. The van der Waals surface area contributed by atoms with E-state index in [2.05, 4.69) is 31.1 Å². The van der Waals surface area contributed by atoms with Gasteiger partial charge in [-0.25, -0.2) is 0 Å². The minimum Gasteiger partial charge on any atom is -0.380 e. The monoisotopic (exact) mass is 228 g/mol. The van der Waals surface area contributed by atoms with Crippen LogP contribution in [0.25, 0.3) is 0 Å². The number of hydrogen-bond acceptors (Lipinski definition) is 3. The zero-order valence-corrected chi connectivity index (χ0v) is 10.4. The van der Waals surface area contributed by atoms with Crippen molar-refractivity contribution in [2.24, 2.45) is 5.92 Å². The summed E-state index contributed by atoms with van der Waals surface area (Å²) in [6.07, 6.45) is 2.79. The molecule has 0 heterocycles. The Kier molecular flexibility index (Phi) is 10.1. The Morgan fingerprint density at radius 3 is 2.81 bits per heavy atom. The smallest absolute Gasteiger partial charge is 0.234 e. The molecule has 1 amide bonds. The average Bonchev–Trinajstić information content (AvgIpc) is 2.23. The molecule has 0 saturated heterocycles. The van der Waals surface area contributed by atoms with Crippen LogP contribution in [0, 0.1) is 5.92 Å². The third-order valence-electron chi connectivity index (χ3n) is 1.98. The van der Waals surface area contributed by atoms with Crippen molar-refractivity contribution in [1.29, 1.82) is 0 Å². The number of carbonyl (C=O) groups excluding carboxylic acids is 1. The van der Waals surface area contributed by atoms with Crippen LogP contribution in [0.15, 0.2) is 12.7 Å². The molecular weight excluding hydrogens is 204 g/mol. The van der Waals surface area contributed by atoms with Gasteiger partial charge in [-0.3, -0.25) is 4.79 Å². The third-order valence-corrected chi connectivity index (χ3v) is 1.98. The fourth-order valence-corrected chi connectivity index (χ4v) is 1.03. The minimum atomic E-state index is -0.00527. The minimum absolute atomic E-state index is 0.00527. The lowest BCUT2D eigenvalue weighted by Crippen LogP contribution is -2.35. The second-order valence-electron chi connectivity index (χ2n) is 4.06. The maximum absolute atomic E-state index is 11.2. The summed E-state index contributed by atoms with van der Waals surface area (Å²) in [6.45, 7) is 10.8. The van der Waals surface area contributed by atoms with E-state index in [-0.39, 0.29) is 5.91 Å². The van der Waals surface area contributed by atoms with E-state index in [4.69, 9.17) is 4.74 Å². The number of amides is 1. The van der Waals surface area contributed by atoms with Crippen molar-refractivity contribution < 1.29 is 9.53 Å². The molecule has 0 fully saturated rings. The van der Waals surface area contributed by atoms with Crippen LogP contribution in [-0.2, 0) is 9.53 Å². The van der Waals surface area contributed by atoms with Crippen molar-refractivity contribution in [1.82, 2.24) is 10.6 Å². The van der Waals surface area contributed by atoms with Crippen LogP contribution < -0.4 is 10.6 Å². The van der Waals surface area contributed by atoms with Gasteiger partial charge in [0.2, 0.25) is 5.91 Å². The van der Waals surface area contributed by atoms with Crippen LogP contribution in [0.4, 0.5) is 0 Å². The molecule has 0 saturated carbocycles. The van der Waals surface area contributed by atoms with Crippen molar-refractivity contribution >= 4 is 5.91 Å². The summed E-state index contributed by atoms with van der Waals surface area (Å²) in [5.41, 5.74) is 0. The molecule has 0 aromatic rings. The van der Waals surface area contributed by atoms with Crippen LogP contribution >= 0.6 is 0 Å². The van der Waals surface area contributed by atoms with E-state index in [0.29, 0.717) is 32.2 Å². The molecule has 94 valence electrons. The summed E-state index contributed by atoms with van der Waals surface area (Å²) < 4.78 is 5.37. The van der Waals surface area contributed by atoms with E-state index in [1.54, 1.807) is 6.08 Å². The lowest BCUT2D eigenvalue weighted by atomic mass is 10.1. The van der Waals surface area contributed by atoms with Gasteiger partial charge in [0, 0.05) is 19.7 Å². The van der Waals surface area contributed by atoms with Crippen LogP contribution in [0.2, 0.25) is 0 Å². The Balaban J connectivity index is 3.18. The molecule has 0 radical (unpaired) electrons. The molecule has 0 spiro atoms. The SMILES string of the molecule is C=CCNCC(=O)NCCOCCC(C)C. The van der Waals surface area contributed by atoms with Crippen molar-refractivity contribution in [3.63, 3.8) is 0 Å². The Labute approximate surface area is 98.4 Å². The molecule has 4 nitrogen and oxygen atoms in total. The molecule has 16 heavy (non-hydrogen) atoms. The van der Waals surface area contributed by atoms with E-state index >= 15 is 0 Å². The standard InChI is InChI=1S/C12H24N2O2/c1-4-6-13-10-12(15)14-7-9-16-8-5-11(2)3/h4,11,13H,1,5-10H2,2-3H3,(H,14,15). The van der Waals surface area contributed by atoms with Crippen LogP contribution in [-0.4, -0.2) is 38.8 Å². The van der Waals surface area contributed by atoms with Gasteiger partial charge in [0.1, 0.15) is 0 Å². The first-order valence-electron chi connectivity index (χ1n) is 5.83. The van der Waals surface area contributed by atoms with Gasteiger partial charge in [0.15, 0.2) is 0 Å². The highest BCUT2D eigenvalue weighted by molar-refractivity contribution is 5.77. The molecule has 0 atom stereocenters. The fourth-order valence-electron chi connectivity index (χ4n) is 1.03. The summed E-state index contributed by atoms with van der Waals surface area (Å²) in [5.74, 6) is 0.659. The van der Waals surface area contributed by atoms with Crippen molar-refractivity contribution in [2.45, 2.75) is 20.3 Å². The first kappa shape index (κ1) is 15.1. The fraction of sp³-hybridized carbons (Fsp3) is 0.750. The van der Waals surface area contributed by atoms with Gasteiger partial charge in [-0.1, -0.05) is 19.9 Å². The molecule has 0 aliphatic carbocycles. The Hall–Kier alpha value is -0.870. The molecule has 0 rings (SSSR count). The third kappa shape index (κ3) is 11.2. The van der Waals surface area contributed by atoms with Gasteiger partial charge in [0.25, 0.3) is 0 Å². The van der Waals surface area contributed by atoms with Crippen molar-refractivity contribution in [3.8, 4) is 0 Å². The number of ether oxygens (including phenoxy) is 1. The van der Waals surface area contributed by atoms with E-state index in [9.17, 15) is 4.79 Å². The van der Waals surface area contributed by atoms with Crippen LogP contribution in [0.3, 0.4) is 0 Å². The number of hydrogen-bond donors (Lipinski definition) is 2. The Bertz CT molecular complexity index is 193. The van der Waals surface area contributed by atoms with E-state index in [1.807, 2.05) is 0 Å². The normalized spacial score (nSPS) is 10.4. The highest BCUT2D eigenvalue weighted by Gasteiger charge is 1.98. The molecule has 0 aromatic carbocycles. The molecule has 2 N–H and O–H groups in total. The molecule has 0 unspecified atom stereocenters. The van der Waals surface area contributed by atoms with Crippen LogP contribution in [0.1, 0.15) is 20.3 Å². The molecular formula is C12H24N2O2. The number of carbonyl (C=O) groups is 1. The molecule has 0 aliphatic heterocycles. The lowest BCUT2D eigenvalue weighted by molar-refractivity contribution is -0.120. The highest BCUT2D eigenvalue weighted by Crippen LogP contribution is 1.97. The van der Waals surface area contributed by atoms with E-state index in [0.717, 1.165) is 13.0 Å². The zero-order valence-electron chi connectivity index (χ0n) is 10.4. The quantitative estimate of drug-likeness (QED) is 0.432. The second-order valence-corrected chi connectivity index (χ2v) is 4.06. The van der Waals surface area contributed by atoms with Gasteiger partial charge in [0.05, 0.1) is 13.2 Å². The number of nitrogens with one attached hydrogen (secondary N) is 2. The zero-order chi connectivity index (χ0) is 12.2. The average molecular weight is 228 g/mol. The van der Waals surface area contributed by atoms with Gasteiger partial charge >= 0.3 is 0 Å². The van der Waals surface area contributed by atoms with E-state index in [1.165, 1.54) is 0 Å². The molecule has 0 aromatic heterocycles. The predicted molar refractivity (Wildman–Crippen MR) is 66.4 cm³/mol. The second kappa shape index (κ2) is 10.6. The van der Waals surface area contributed by atoms with Crippen molar-refractivity contribution in [2.75, 3.05) is 32.8 Å². The van der Waals surface area contributed by atoms with E-state index < -0.39 is 0 Å². The van der Waals surface area contributed by atoms with Gasteiger partial charge in [-0.15, -0.1) is 6.58 Å². The van der Waals surface area contributed by atoms with Gasteiger partial charge < -0.3 is 15.4 Å². The Morgan fingerprint density at radius 1 is 1.44 bits per heavy atom. The first-order valence-corrected chi connectivity index (χ1v) is 5.83. The molecule has 0 bridgehead atoms. The maximum atomic E-state index is 11.2. The molecule has 4 heteroatoms. The van der Waals surface area contributed by atoms with Crippen molar-refractivity contribution in [3.05, 3.63) is 12.7 Å². The van der Waals surface area contributed by atoms with Gasteiger partial charge in [-0.2, -0.15) is 0 Å². The summed E-state index contributed by atoms with van der Waals surface area (Å²) >= 11 is 0. The highest BCUT2D eigenvalue weighted by atomic mass is 16.5. The lowest BCUT2D eigenvalue weighted by Gasteiger charge is -2.07. The first-order chi connectivity index (χ1) is 7.66. The predicted octanol–water partition coefficient (Wildman–Crippen LogP) is 0.941. The summed E-state index contributed by atoms with van der Waals surface area (Å²) in [4.78, 5) is 11.2. The number of rotatable bonds is 10. The van der Waals surface area contributed by atoms with Gasteiger partial charge in [-0.05, 0) is 12.3 Å². The molecule has 0 aliphatic rings. The Morgan fingerprint density at radius 2 is 2.19 bits per heavy atom. The largest absolute Gasteiger partial charge is 0.380 e. The summed E-state index contributed by atoms with van der Waals surface area (Å²) in [7, 11) is 0. The van der Waals surface area contributed by atoms with Crippen LogP contribution in [0.5, 0.6) is 0 Å². The summed E-state index contributed by atoms with van der Waals surface area (Å²) in [6, 6.07) is 0. The maximum Gasteiger partial charge on any atom is 0.234 e. The topological polar surface area (TPSA) is 50.4 Å².